The van der Waals surface area contributed by atoms with Gasteiger partial charge in [0.15, 0.2) is 0 Å². The van der Waals surface area contributed by atoms with Gasteiger partial charge in [-0.15, -0.1) is 0 Å². The Morgan fingerprint density at radius 2 is 1.96 bits per heavy atom. The Hall–Kier alpha value is -2.34. The van der Waals surface area contributed by atoms with E-state index in [9.17, 15) is 4.79 Å². The number of nitrogens with zero attached hydrogens (tertiary/aromatic N) is 3. The number of ether oxygens (including phenoxy) is 1. The lowest BCUT2D eigenvalue weighted by molar-refractivity contribution is -0.0545. The van der Waals surface area contributed by atoms with Crippen molar-refractivity contribution < 1.29 is 9.53 Å². The van der Waals surface area contributed by atoms with Gasteiger partial charge in [-0.25, -0.2) is 9.48 Å². The van der Waals surface area contributed by atoms with Crippen LogP contribution in [0.4, 0.5) is 4.79 Å². The van der Waals surface area contributed by atoms with Crippen molar-refractivity contribution >= 4 is 6.03 Å². The number of carbonyl (C=O) groups excluding carboxylic acids is 1. The number of benzene rings is 1. The summed E-state index contributed by atoms with van der Waals surface area (Å²) in [5, 5.41) is 7.29. The van der Waals surface area contributed by atoms with Crippen LogP contribution in [-0.2, 0) is 11.3 Å². The van der Waals surface area contributed by atoms with Gasteiger partial charge in [0.1, 0.15) is 0 Å². The Labute approximate surface area is 136 Å². The summed E-state index contributed by atoms with van der Waals surface area (Å²) < 4.78 is 7.45. The topological polar surface area (TPSA) is 59.4 Å². The van der Waals surface area contributed by atoms with E-state index >= 15 is 0 Å². The number of hydrogen-bond donors (Lipinski definition) is 1. The minimum absolute atomic E-state index is 0.0561. The molecule has 122 valence electrons. The summed E-state index contributed by atoms with van der Waals surface area (Å²) in [5.41, 5.74) is 1.97. The SMILES string of the molecule is CC1CN(C(=O)NCc2cnn(-c3ccccc3)c2)CC(C)O1. The Balaban J connectivity index is 1.56. The van der Waals surface area contributed by atoms with E-state index in [2.05, 4.69) is 10.4 Å². The second-order valence-electron chi connectivity index (χ2n) is 5.95. The lowest BCUT2D eigenvalue weighted by atomic mass is 10.2. The number of urea groups is 1. The Bertz CT molecular complexity index is 646. The summed E-state index contributed by atoms with van der Waals surface area (Å²) in [5.74, 6) is 0. The van der Waals surface area contributed by atoms with E-state index in [4.69, 9.17) is 4.74 Å². The molecule has 1 fully saturated rings. The summed E-state index contributed by atoms with van der Waals surface area (Å²) in [7, 11) is 0. The van der Waals surface area contributed by atoms with Gasteiger partial charge in [0.25, 0.3) is 0 Å². The molecule has 1 aromatic carbocycles. The largest absolute Gasteiger partial charge is 0.372 e. The Morgan fingerprint density at radius 1 is 1.26 bits per heavy atom. The number of nitrogens with one attached hydrogen (secondary N) is 1. The average molecular weight is 314 g/mol. The fourth-order valence-corrected chi connectivity index (χ4v) is 2.81. The minimum atomic E-state index is -0.0561. The zero-order valence-corrected chi connectivity index (χ0v) is 13.5. The average Bonchev–Trinajstić information content (AvgIpc) is 3.01. The van der Waals surface area contributed by atoms with Crippen LogP contribution in [0.2, 0.25) is 0 Å². The molecular weight excluding hydrogens is 292 g/mol. The summed E-state index contributed by atoms with van der Waals surface area (Å²) in [6.07, 6.45) is 3.86. The van der Waals surface area contributed by atoms with Gasteiger partial charge in [-0.1, -0.05) is 18.2 Å². The highest BCUT2D eigenvalue weighted by Gasteiger charge is 2.25. The fraction of sp³-hybridized carbons (Fsp3) is 0.412. The van der Waals surface area contributed by atoms with Crippen molar-refractivity contribution in [1.82, 2.24) is 20.0 Å². The van der Waals surface area contributed by atoms with Crippen molar-refractivity contribution in [3.05, 3.63) is 48.3 Å². The van der Waals surface area contributed by atoms with Crippen LogP contribution in [0.25, 0.3) is 5.69 Å². The Kier molecular flexibility index (Phi) is 4.62. The van der Waals surface area contributed by atoms with E-state index in [1.165, 1.54) is 0 Å². The molecule has 0 spiro atoms. The first-order valence-electron chi connectivity index (χ1n) is 7.89. The third kappa shape index (κ3) is 3.90. The lowest BCUT2D eigenvalue weighted by Gasteiger charge is -2.35. The summed E-state index contributed by atoms with van der Waals surface area (Å²) in [6, 6.07) is 9.84. The molecule has 1 aromatic heterocycles. The number of rotatable bonds is 3. The smallest absolute Gasteiger partial charge is 0.317 e. The van der Waals surface area contributed by atoms with Crippen LogP contribution in [0, 0.1) is 0 Å². The second-order valence-corrected chi connectivity index (χ2v) is 5.95. The van der Waals surface area contributed by atoms with Crippen molar-refractivity contribution in [1.29, 1.82) is 0 Å². The third-order valence-electron chi connectivity index (χ3n) is 3.81. The highest BCUT2D eigenvalue weighted by Crippen LogP contribution is 2.11. The molecule has 6 nitrogen and oxygen atoms in total. The van der Waals surface area contributed by atoms with Crippen molar-refractivity contribution in [3.8, 4) is 5.69 Å². The fourth-order valence-electron chi connectivity index (χ4n) is 2.81. The van der Waals surface area contributed by atoms with E-state index in [1.54, 1.807) is 15.8 Å². The van der Waals surface area contributed by atoms with Crippen LogP contribution in [0.3, 0.4) is 0 Å². The van der Waals surface area contributed by atoms with Gasteiger partial charge in [0.05, 0.1) is 24.1 Å². The molecule has 0 radical (unpaired) electrons. The van der Waals surface area contributed by atoms with Crippen LogP contribution in [0.5, 0.6) is 0 Å². The molecule has 1 saturated heterocycles. The summed E-state index contributed by atoms with van der Waals surface area (Å²) >= 11 is 0. The number of aromatic nitrogens is 2. The predicted octanol–water partition coefficient (Wildman–Crippen LogP) is 2.19. The molecule has 2 heterocycles. The maximum Gasteiger partial charge on any atom is 0.317 e. The number of para-hydroxylation sites is 1. The maximum atomic E-state index is 12.3. The van der Waals surface area contributed by atoms with Crippen molar-refractivity contribution in [2.45, 2.75) is 32.6 Å². The van der Waals surface area contributed by atoms with E-state index in [0.29, 0.717) is 19.6 Å². The monoisotopic (exact) mass is 314 g/mol. The molecular formula is C17H22N4O2. The van der Waals surface area contributed by atoms with Gasteiger partial charge in [0, 0.05) is 31.4 Å². The first kappa shape index (κ1) is 15.6. The minimum Gasteiger partial charge on any atom is -0.372 e. The standard InChI is InChI=1S/C17H22N4O2/c1-13-10-20(11-14(2)23-13)17(22)18-8-15-9-19-21(12-15)16-6-4-3-5-7-16/h3-7,9,12-14H,8,10-11H2,1-2H3,(H,18,22). The van der Waals surface area contributed by atoms with E-state index in [-0.39, 0.29) is 18.2 Å². The quantitative estimate of drug-likeness (QED) is 0.945. The first-order valence-corrected chi connectivity index (χ1v) is 7.89. The highest BCUT2D eigenvalue weighted by molar-refractivity contribution is 5.74. The molecule has 0 saturated carbocycles. The molecule has 2 aromatic rings. The molecule has 1 aliphatic rings. The molecule has 2 atom stereocenters. The maximum absolute atomic E-state index is 12.3. The van der Waals surface area contributed by atoms with Crippen molar-refractivity contribution in [2.24, 2.45) is 0 Å². The molecule has 23 heavy (non-hydrogen) atoms. The molecule has 2 amide bonds. The van der Waals surface area contributed by atoms with Gasteiger partial charge in [-0.2, -0.15) is 5.10 Å². The van der Waals surface area contributed by atoms with Gasteiger partial charge < -0.3 is 15.0 Å². The molecule has 0 aliphatic carbocycles. The normalized spacial score (nSPS) is 21.2. The number of amides is 2. The van der Waals surface area contributed by atoms with Crippen molar-refractivity contribution in [3.63, 3.8) is 0 Å². The molecule has 0 bridgehead atoms. The summed E-state index contributed by atoms with van der Waals surface area (Å²) in [6.45, 7) is 5.68. The highest BCUT2D eigenvalue weighted by atomic mass is 16.5. The van der Waals surface area contributed by atoms with Crippen LogP contribution < -0.4 is 5.32 Å². The predicted molar refractivity (Wildman–Crippen MR) is 87.4 cm³/mol. The molecule has 1 N–H and O–H groups in total. The molecule has 1 aliphatic heterocycles. The van der Waals surface area contributed by atoms with Gasteiger partial charge >= 0.3 is 6.03 Å². The van der Waals surface area contributed by atoms with Gasteiger partial charge in [-0.3, -0.25) is 0 Å². The Morgan fingerprint density at radius 3 is 2.65 bits per heavy atom. The van der Waals surface area contributed by atoms with E-state index < -0.39 is 0 Å². The zero-order valence-electron chi connectivity index (χ0n) is 13.5. The van der Waals surface area contributed by atoms with Crippen LogP contribution in [0.15, 0.2) is 42.7 Å². The van der Waals surface area contributed by atoms with Gasteiger partial charge in [-0.05, 0) is 26.0 Å². The van der Waals surface area contributed by atoms with Crippen LogP contribution in [0.1, 0.15) is 19.4 Å². The second kappa shape index (κ2) is 6.83. The molecule has 3 rings (SSSR count). The van der Waals surface area contributed by atoms with Crippen LogP contribution in [-0.4, -0.2) is 46.0 Å². The van der Waals surface area contributed by atoms with Crippen molar-refractivity contribution in [2.75, 3.05) is 13.1 Å². The first-order chi connectivity index (χ1) is 11.1. The molecule has 2 unspecified atom stereocenters. The summed E-state index contributed by atoms with van der Waals surface area (Å²) in [4.78, 5) is 14.1. The van der Waals surface area contributed by atoms with Crippen LogP contribution >= 0.6 is 0 Å². The number of hydrogen-bond acceptors (Lipinski definition) is 3. The zero-order chi connectivity index (χ0) is 16.2. The number of carbonyl (C=O) groups is 1. The van der Waals surface area contributed by atoms with Gasteiger partial charge in [0.2, 0.25) is 0 Å². The third-order valence-corrected chi connectivity index (χ3v) is 3.81. The number of morpholine rings is 1. The van der Waals surface area contributed by atoms with E-state index in [1.807, 2.05) is 50.4 Å². The lowest BCUT2D eigenvalue weighted by Crippen LogP contribution is -2.51. The molecule has 6 heteroatoms. The van der Waals surface area contributed by atoms with E-state index in [0.717, 1.165) is 11.3 Å².